The molecule has 5 aromatic carbocycles. The largest absolute Gasteiger partial charge is 0.308 e. The Balaban J connectivity index is 1.32. The molecule has 2 nitrogen and oxygen atoms in total. The van der Waals surface area contributed by atoms with E-state index in [1.54, 1.807) is 82.6 Å². The van der Waals surface area contributed by atoms with Crippen molar-refractivity contribution >= 4 is 40.6 Å². The summed E-state index contributed by atoms with van der Waals surface area (Å²) in [6.07, 6.45) is 12.0. The molecule has 0 aromatic heterocycles. The molecule has 6 heteroatoms. The van der Waals surface area contributed by atoms with Crippen LogP contribution in [-0.4, -0.2) is 0 Å². The summed E-state index contributed by atoms with van der Waals surface area (Å²) in [6, 6.07) is 29.2. The fourth-order valence-electron chi connectivity index (χ4n) is 6.93. The maximum atomic E-state index is 15.5. The van der Waals surface area contributed by atoms with Gasteiger partial charge in [-0.2, -0.15) is 0 Å². The van der Waals surface area contributed by atoms with Crippen molar-refractivity contribution in [3.63, 3.8) is 0 Å². The van der Waals surface area contributed by atoms with Gasteiger partial charge in [0.15, 0.2) is 0 Å². The Morgan fingerprint density at radius 2 is 0.957 bits per heavy atom. The van der Waals surface area contributed by atoms with Crippen LogP contribution in [0.1, 0.15) is 22.6 Å². The summed E-state index contributed by atoms with van der Waals surface area (Å²) in [6.45, 7) is 0. The number of para-hydroxylation sites is 4. The highest BCUT2D eigenvalue weighted by molar-refractivity contribution is 5.89. The fraction of sp³-hybridized carbons (Fsp3) is 0.0500. The SMILES string of the molecule is Fc1ccccc1N(C1=CC=C2C=Cc3c(N(c4ccccc4F)c4ccccc4F)ccc4c3C2C1C=C4)c1ccccc1F. The lowest BCUT2D eigenvalue weighted by atomic mass is 9.67. The van der Waals surface area contributed by atoms with Crippen molar-refractivity contribution in [2.24, 2.45) is 5.92 Å². The zero-order valence-corrected chi connectivity index (χ0v) is 24.4. The van der Waals surface area contributed by atoms with Crippen LogP contribution < -0.4 is 9.80 Å². The molecule has 46 heavy (non-hydrogen) atoms. The Bertz CT molecular complexity index is 2050. The first-order chi connectivity index (χ1) is 22.5. The topological polar surface area (TPSA) is 6.48 Å². The van der Waals surface area contributed by atoms with Crippen LogP contribution in [0, 0.1) is 29.2 Å². The molecule has 8 rings (SSSR count). The summed E-state index contributed by atoms with van der Waals surface area (Å²) in [4.78, 5) is 3.28. The number of nitrogens with zero attached hydrogens (tertiary/aromatic N) is 2. The van der Waals surface area contributed by atoms with Gasteiger partial charge in [-0.1, -0.05) is 85.0 Å². The van der Waals surface area contributed by atoms with Gasteiger partial charge in [-0.15, -0.1) is 0 Å². The predicted molar refractivity (Wildman–Crippen MR) is 176 cm³/mol. The molecule has 3 aliphatic rings. The summed E-state index contributed by atoms with van der Waals surface area (Å²) < 4.78 is 61.8. The zero-order chi connectivity index (χ0) is 31.4. The maximum absolute atomic E-state index is 15.5. The Morgan fingerprint density at radius 1 is 0.457 bits per heavy atom. The molecule has 0 fully saturated rings. The Labute approximate surface area is 264 Å². The van der Waals surface area contributed by atoms with E-state index in [1.807, 2.05) is 42.5 Å². The van der Waals surface area contributed by atoms with Crippen molar-refractivity contribution < 1.29 is 17.6 Å². The van der Waals surface area contributed by atoms with Crippen molar-refractivity contribution in [1.29, 1.82) is 0 Å². The highest BCUT2D eigenvalue weighted by atomic mass is 19.1. The summed E-state index contributed by atoms with van der Waals surface area (Å²) in [5, 5.41) is 0. The normalized spacial score (nSPS) is 17.2. The van der Waals surface area contributed by atoms with E-state index in [0.29, 0.717) is 11.4 Å². The molecule has 5 aromatic rings. The summed E-state index contributed by atoms with van der Waals surface area (Å²) in [7, 11) is 0. The van der Waals surface area contributed by atoms with Crippen LogP contribution in [0.25, 0.3) is 12.2 Å². The molecule has 0 radical (unpaired) electrons. The molecule has 0 saturated heterocycles. The van der Waals surface area contributed by atoms with Gasteiger partial charge in [-0.05, 0) is 77.4 Å². The van der Waals surface area contributed by atoms with E-state index in [2.05, 4.69) is 6.08 Å². The fourth-order valence-corrected chi connectivity index (χ4v) is 6.93. The van der Waals surface area contributed by atoms with Gasteiger partial charge in [0.2, 0.25) is 0 Å². The molecule has 0 spiro atoms. The van der Waals surface area contributed by atoms with Gasteiger partial charge in [0.25, 0.3) is 0 Å². The molecule has 3 aliphatic carbocycles. The van der Waals surface area contributed by atoms with Crippen LogP contribution in [0.2, 0.25) is 0 Å². The quantitative estimate of drug-likeness (QED) is 0.177. The number of rotatable bonds is 6. The van der Waals surface area contributed by atoms with Gasteiger partial charge >= 0.3 is 0 Å². The van der Waals surface area contributed by atoms with Crippen molar-refractivity contribution in [2.45, 2.75) is 5.92 Å². The second-order valence-corrected chi connectivity index (χ2v) is 11.4. The van der Waals surface area contributed by atoms with Crippen LogP contribution >= 0.6 is 0 Å². The molecule has 0 bridgehead atoms. The van der Waals surface area contributed by atoms with Crippen molar-refractivity contribution in [3.8, 4) is 0 Å². The number of hydrogen-bond acceptors (Lipinski definition) is 2. The summed E-state index contributed by atoms with van der Waals surface area (Å²) in [5.41, 5.74) is 6.06. The van der Waals surface area contributed by atoms with E-state index < -0.39 is 23.3 Å². The number of allylic oxidation sites excluding steroid dienone is 5. The Kier molecular flexibility index (Phi) is 6.71. The maximum Gasteiger partial charge on any atom is 0.147 e. The summed E-state index contributed by atoms with van der Waals surface area (Å²) >= 11 is 0. The minimum atomic E-state index is -0.484. The van der Waals surface area contributed by atoms with Crippen LogP contribution in [-0.2, 0) is 0 Å². The molecular formula is C40H26F4N2. The van der Waals surface area contributed by atoms with Gasteiger partial charge in [-0.3, -0.25) is 0 Å². The highest BCUT2D eigenvalue weighted by Crippen LogP contribution is 2.54. The number of hydrogen-bond donors (Lipinski definition) is 0. The van der Waals surface area contributed by atoms with E-state index in [4.69, 9.17) is 0 Å². The lowest BCUT2D eigenvalue weighted by Crippen LogP contribution is -2.32. The Morgan fingerprint density at radius 3 is 1.48 bits per heavy atom. The molecule has 0 heterocycles. The monoisotopic (exact) mass is 610 g/mol. The van der Waals surface area contributed by atoms with Crippen molar-refractivity contribution in [3.05, 3.63) is 185 Å². The van der Waals surface area contributed by atoms with E-state index in [9.17, 15) is 0 Å². The van der Waals surface area contributed by atoms with Gasteiger partial charge in [0.05, 0.1) is 28.4 Å². The lowest BCUT2D eigenvalue weighted by Gasteiger charge is -2.42. The summed E-state index contributed by atoms with van der Waals surface area (Å²) in [5.74, 6) is -2.41. The lowest BCUT2D eigenvalue weighted by molar-refractivity contribution is 0.591. The number of anilines is 5. The first kappa shape index (κ1) is 27.9. The van der Waals surface area contributed by atoms with Crippen LogP contribution in [0.5, 0.6) is 0 Å². The smallest absolute Gasteiger partial charge is 0.147 e. The van der Waals surface area contributed by atoms with Crippen molar-refractivity contribution in [1.82, 2.24) is 0 Å². The molecule has 0 amide bonds. The van der Waals surface area contributed by atoms with E-state index in [0.717, 1.165) is 22.3 Å². The van der Waals surface area contributed by atoms with Crippen LogP contribution in [0.4, 0.5) is 46.0 Å². The van der Waals surface area contributed by atoms with E-state index in [1.165, 1.54) is 24.3 Å². The number of halogens is 4. The van der Waals surface area contributed by atoms with E-state index in [-0.39, 0.29) is 34.6 Å². The number of benzene rings is 5. The average molecular weight is 611 g/mol. The molecule has 0 aliphatic heterocycles. The minimum Gasteiger partial charge on any atom is -0.308 e. The predicted octanol–water partition coefficient (Wildman–Crippen LogP) is 11.1. The molecule has 2 atom stereocenters. The standard InChI is InChI=1S/C40H26F4N2/c41-29-9-1-5-13-35(29)45(36-14-6-2-10-30(36)42)33-23-19-25-18-22-28-34(24-20-26-17-21-27(33)39(25)40(26)28)46(37-15-7-3-11-31(37)43)38-16-8-4-12-32(38)44/h1-24,27,39H. The van der Waals surface area contributed by atoms with Gasteiger partial charge in [-0.25, -0.2) is 17.6 Å². The first-order valence-corrected chi connectivity index (χ1v) is 15.0. The molecular weight excluding hydrogens is 584 g/mol. The average Bonchev–Trinajstić information content (AvgIpc) is 3.08. The third-order valence-corrected chi connectivity index (χ3v) is 8.91. The highest BCUT2D eigenvalue weighted by Gasteiger charge is 2.40. The second-order valence-electron chi connectivity index (χ2n) is 11.4. The Hall–Kier alpha value is -5.62. The third-order valence-electron chi connectivity index (χ3n) is 8.91. The third kappa shape index (κ3) is 4.40. The minimum absolute atomic E-state index is 0.205. The van der Waals surface area contributed by atoms with Gasteiger partial charge in [0.1, 0.15) is 23.3 Å². The molecule has 2 unspecified atom stereocenters. The molecule has 0 N–H and O–H groups in total. The van der Waals surface area contributed by atoms with Crippen LogP contribution in [0.3, 0.4) is 0 Å². The van der Waals surface area contributed by atoms with Gasteiger partial charge in [0, 0.05) is 23.1 Å². The zero-order valence-electron chi connectivity index (χ0n) is 24.4. The van der Waals surface area contributed by atoms with Gasteiger partial charge < -0.3 is 9.80 Å². The second kappa shape index (κ2) is 11.1. The molecule has 224 valence electrons. The first-order valence-electron chi connectivity index (χ1n) is 15.0. The molecule has 0 saturated carbocycles. The van der Waals surface area contributed by atoms with Crippen molar-refractivity contribution in [2.75, 3.05) is 9.80 Å². The van der Waals surface area contributed by atoms with E-state index >= 15 is 17.6 Å². The van der Waals surface area contributed by atoms with Crippen LogP contribution in [0.15, 0.2) is 145 Å².